The van der Waals surface area contributed by atoms with Crippen LogP contribution >= 0.6 is 11.6 Å². The summed E-state index contributed by atoms with van der Waals surface area (Å²) in [5.74, 6) is -0.162. The predicted molar refractivity (Wildman–Crippen MR) is 67.8 cm³/mol. The number of nitrogens with one attached hydrogen (secondary N) is 1. The van der Waals surface area contributed by atoms with Crippen LogP contribution in [0.3, 0.4) is 0 Å². The Morgan fingerprint density at radius 2 is 2.41 bits per heavy atom. The van der Waals surface area contributed by atoms with E-state index in [0.29, 0.717) is 11.8 Å². The van der Waals surface area contributed by atoms with Crippen LogP contribution in [0.25, 0.3) is 6.08 Å². The lowest BCUT2D eigenvalue weighted by atomic mass is 10.2. The monoisotopic (exact) mass is 254 g/mol. The Labute approximate surface area is 106 Å². The highest BCUT2D eigenvalue weighted by molar-refractivity contribution is 6.29. The number of carbonyl (C=O) groups is 1. The normalized spacial score (nSPS) is 12.6. The first-order valence-electron chi connectivity index (χ1n) is 5.21. The van der Waals surface area contributed by atoms with Crippen molar-refractivity contribution >= 4 is 23.6 Å². The SMILES string of the molecule is COCC(C)NC(=O)/C=C/c1ccc(Cl)nc1. The van der Waals surface area contributed by atoms with Gasteiger partial charge in [-0.1, -0.05) is 17.7 Å². The lowest BCUT2D eigenvalue weighted by Crippen LogP contribution is -2.34. The van der Waals surface area contributed by atoms with Crippen LogP contribution in [0.4, 0.5) is 0 Å². The van der Waals surface area contributed by atoms with Crippen LogP contribution in [-0.2, 0) is 9.53 Å². The van der Waals surface area contributed by atoms with Crippen LogP contribution in [-0.4, -0.2) is 30.6 Å². The Hall–Kier alpha value is -1.39. The van der Waals surface area contributed by atoms with E-state index in [4.69, 9.17) is 16.3 Å². The van der Waals surface area contributed by atoms with Crippen molar-refractivity contribution in [1.29, 1.82) is 0 Å². The number of nitrogens with zero attached hydrogens (tertiary/aromatic N) is 1. The third kappa shape index (κ3) is 5.47. The van der Waals surface area contributed by atoms with Gasteiger partial charge in [-0.3, -0.25) is 4.79 Å². The molecule has 1 aromatic rings. The summed E-state index contributed by atoms with van der Waals surface area (Å²) in [5.41, 5.74) is 0.823. The summed E-state index contributed by atoms with van der Waals surface area (Å²) in [4.78, 5) is 15.4. The van der Waals surface area contributed by atoms with E-state index in [1.54, 1.807) is 31.5 Å². The van der Waals surface area contributed by atoms with Gasteiger partial charge in [-0.2, -0.15) is 0 Å². The number of carbonyl (C=O) groups excluding carboxylic acids is 1. The van der Waals surface area contributed by atoms with Crippen LogP contribution in [0.5, 0.6) is 0 Å². The highest BCUT2D eigenvalue weighted by Crippen LogP contribution is 2.06. The minimum absolute atomic E-state index is 0.0134. The van der Waals surface area contributed by atoms with Crippen LogP contribution in [0.15, 0.2) is 24.4 Å². The first-order valence-corrected chi connectivity index (χ1v) is 5.58. The van der Waals surface area contributed by atoms with Crippen LogP contribution in [0, 0.1) is 0 Å². The van der Waals surface area contributed by atoms with Crippen LogP contribution in [0.2, 0.25) is 5.15 Å². The zero-order chi connectivity index (χ0) is 12.7. The number of rotatable bonds is 5. The number of halogens is 1. The second-order valence-corrected chi connectivity index (χ2v) is 4.00. The summed E-state index contributed by atoms with van der Waals surface area (Å²) < 4.78 is 4.92. The molecule has 0 saturated carbocycles. The molecule has 5 heteroatoms. The molecule has 1 amide bonds. The second-order valence-electron chi connectivity index (χ2n) is 3.61. The number of pyridine rings is 1. The van der Waals surface area contributed by atoms with Crippen molar-refractivity contribution in [2.24, 2.45) is 0 Å². The molecule has 0 fully saturated rings. The van der Waals surface area contributed by atoms with Crippen molar-refractivity contribution in [1.82, 2.24) is 10.3 Å². The standard InChI is InChI=1S/C12H15ClN2O2/c1-9(8-17-2)15-12(16)6-4-10-3-5-11(13)14-7-10/h3-7,9H,8H2,1-2H3,(H,15,16)/b6-4+. The zero-order valence-corrected chi connectivity index (χ0v) is 10.6. The van der Waals surface area contributed by atoms with Gasteiger partial charge in [0.1, 0.15) is 5.15 Å². The van der Waals surface area contributed by atoms with Crippen molar-refractivity contribution in [2.45, 2.75) is 13.0 Å². The third-order valence-corrected chi connectivity index (χ3v) is 2.21. The average Bonchev–Trinajstić information content (AvgIpc) is 2.28. The van der Waals surface area contributed by atoms with Gasteiger partial charge >= 0.3 is 0 Å². The van der Waals surface area contributed by atoms with Gasteiger partial charge in [0, 0.05) is 25.4 Å². The lowest BCUT2D eigenvalue weighted by molar-refractivity contribution is -0.117. The molecule has 0 saturated heterocycles. The van der Waals surface area contributed by atoms with Gasteiger partial charge in [0.2, 0.25) is 5.91 Å². The molecule has 0 aliphatic heterocycles. The highest BCUT2D eigenvalue weighted by Gasteiger charge is 2.03. The number of ether oxygens (including phenoxy) is 1. The van der Waals surface area contributed by atoms with Crippen LogP contribution < -0.4 is 5.32 Å². The van der Waals surface area contributed by atoms with Crippen molar-refractivity contribution in [3.05, 3.63) is 35.1 Å². The maximum atomic E-state index is 11.5. The smallest absolute Gasteiger partial charge is 0.244 e. The fourth-order valence-electron chi connectivity index (χ4n) is 1.24. The molecule has 1 aromatic heterocycles. The van der Waals surface area contributed by atoms with E-state index in [1.165, 1.54) is 6.08 Å². The summed E-state index contributed by atoms with van der Waals surface area (Å²) in [6.45, 7) is 2.36. The van der Waals surface area contributed by atoms with Crippen LogP contribution in [0.1, 0.15) is 12.5 Å². The van der Waals surface area contributed by atoms with Gasteiger partial charge in [0.15, 0.2) is 0 Å². The Morgan fingerprint density at radius 3 is 3.00 bits per heavy atom. The van der Waals surface area contributed by atoms with E-state index in [2.05, 4.69) is 10.3 Å². The molecule has 0 aliphatic carbocycles. The van der Waals surface area contributed by atoms with Crippen molar-refractivity contribution < 1.29 is 9.53 Å². The number of hydrogen-bond donors (Lipinski definition) is 1. The molecule has 0 aromatic carbocycles. The minimum atomic E-state index is -0.162. The first kappa shape index (κ1) is 13.7. The summed E-state index contributed by atoms with van der Waals surface area (Å²) in [5, 5.41) is 3.20. The van der Waals surface area contributed by atoms with E-state index in [0.717, 1.165) is 5.56 Å². The quantitative estimate of drug-likeness (QED) is 0.645. The van der Waals surface area contributed by atoms with E-state index in [1.807, 2.05) is 6.92 Å². The van der Waals surface area contributed by atoms with E-state index in [-0.39, 0.29) is 11.9 Å². The number of aromatic nitrogens is 1. The lowest BCUT2D eigenvalue weighted by Gasteiger charge is -2.10. The topological polar surface area (TPSA) is 51.2 Å². The van der Waals surface area contributed by atoms with Crippen molar-refractivity contribution in [3.63, 3.8) is 0 Å². The molecule has 17 heavy (non-hydrogen) atoms. The fraction of sp³-hybridized carbons (Fsp3) is 0.333. The van der Waals surface area contributed by atoms with E-state index in [9.17, 15) is 4.79 Å². The molecule has 0 radical (unpaired) electrons. The molecule has 0 aliphatic rings. The van der Waals surface area contributed by atoms with Gasteiger partial charge in [0.25, 0.3) is 0 Å². The fourth-order valence-corrected chi connectivity index (χ4v) is 1.35. The zero-order valence-electron chi connectivity index (χ0n) is 9.81. The van der Waals surface area contributed by atoms with Gasteiger partial charge in [-0.25, -0.2) is 4.98 Å². The molecule has 92 valence electrons. The molecule has 0 spiro atoms. The minimum Gasteiger partial charge on any atom is -0.383 e. The van der Waals surface area contributed by atoms with E-state index < -0.39 is 0 Å². The molecular weight excluding hydrogens is 240 g/mol. The molecule has 4 nitrogen and oxygen atoms in total. The van der Waals surface area contributed by atoms with Crippen molar-refractivity contribution in [2.75, 3.05) is 13.7 Å². The molecule has 0 bridgehead atoms. The number of methoxy groups -OCH3 is 1. The summed E-state index contributed by atoms with van der Waals surface area (Å²) in [6, 6.07) is 3.45. The van der Waals surface area contributed by atoms with Crippen molar-refractivity contribution in [3.8, 4) is 0 Å². The van der Waals surface area contributed by atoms with Gasteiger partial charge in [0.05, 0.1) is 6.61 Å². The summed E-state index contributed by atoms with van der Waals surface area (Å²) in [6.07, 6.45) is 4.74. The molecule has 1 atom stereocenters. The Kier molecular flexibility index (Phi) is 5.66. The predicted octanol–water partition coefficient (Wildman–Crippen LogP) is 1.90. The highest BCUT2D eigenvalue weighted by atomic mass is 35.5. The number of hydrogen-bond acceptors (Lipinski definition) is 3. The summed E-state index contributed by atoms with van der Waals surface area (Å²) >= 11 is 5.65. The maximum Gasteiger partial charge on any atom is 0.244 e. The molecule has 1 unspecified atom stereocenters. The average molecular weight is 255 g/mol. The largest absolute Gasteiger partial charge is 0.383 e. The van der Waals surface area contributed by atoms with Gasteiger partial charge in [-0.05, 0) is 24.6 Å². The second kappa shape index (κ2) is 7.04. The molecule has 1 N–H and O–H groups in total. The Balaban J connectivity index is 2.47. The summed E-state index contributed by atoms with van der Waals surface area (Å²) in [7, 11) is 1.60. The maximum absolute atomic E-state index is 11.5. The Bertz CT molecular complexity index is 390. The molecule has 1 heterocycles. The van der Waals surface area contributed by atoms with E-state index >= 15 is 0 Å². The van der Waals surface area contributed by atoms with Gasteiger partial charge < -0.3 is 10.1 Å². The molecule has 1 rings (SSSR count). The first-order chi connectivity index (χ1) is 8.11. The Morgan fingerprint density at radius 1 is 1.65 bits per heavy atom. The third-order valence-electron chi connectivity index (χ3n) is 1.98. The molecular formula is C12H15ClN2O2. The number of amides is 1. The van der Waals surface area contributed by atoms with Gasteiger partial charge in [-0.15, -0.1) is 0 Å².